The van der Waals surface area contributed by atoms with Crippen LogP contribution in [0.5, 0.6) is 5.75 Å². The summed E-state index contributed by atoms with van der Waals surface area (Å²) in [5.41, 5.74) is 4.78. The minimum atomic E-state index is -0.474. The van der Waals surface area contributed by atoms with Gasteiger partial charge in [0, 0.05) is 38.4 Å². The second-order valence-corrected chi connectivity index (χ2v) is 7.32. The Morgan fingerprint density at radius 1 is 0.962 bits per heavy atom. The number of hydrogen-bond donors (Lipinski definition) is 1. The van der Waals surface area contributed by atoms with Gasteiger partial charge in [-0.05, 0) is 44.0 Å². The van der Waals surface area contributed by atoms with Gasteiger partial charge in [-0.25, -0.2) is 0 Å². The van der Waals surface area contributed by atoms with Crippen LogP contribution < -0.4 is 9.64 Å². The zero-order chi connectivity index (χ0) is 18.5. The predicted molar refractivity (Wildman–Crippen MR) is 107 cm³/mol. The van der Waals surface area contributed by atoms with E-state index >= 15 is 0 Å². The summed E-state index contributed by atoms with van der Waals surface area (Å²) in [5, 5.41) is 10.4. The lowest BCUT2D eigenvalue weighted by molar-refractivity contribution is 0.0658. The van der Waals surface area contributed by atoms with Gasteiger partial charge in [-0.15, -0.1) is 0 Å². The number of para-hydroxylation sites is 1. The molecule has 0 aliphatic carbocycles. The van der Waals surface area contributed by atoms with E-state index in [0.717, 1.165) is 43.1 Å². The first-order valence-electron chi connectivity index (χ1n) is 9.44. The number of benzene rings is 2. The van der Waals surface area contributed by atoms with Gasteiger partial charge in [-0.2, -0.15) is 0 Å². The molecule has 4 heteroatoms. The van der Waals surface area contributed by atoms with Crippen molar-refractivity contribution in [3.8, 4) is 5.75 Å². The number of aliphatic hydroxyl groups excluding tert-OH is 1. The molecule has 1 atom stereocenters. The van der Waals surface area contributed by atoms with Gasteiger partial charge in [-0.1, -0.05) is 35.9 Å². The van der Waals surface area contributed by atoms with E-state index in [1.54, 1.807) is 0 Å². The molecule has 1 N–H and O–H groups in total. The number of ether oxygens (including phenoxy) is 1. The Labute approximate surface area is 157 Å². The summed E-state index contributed by atoms with van der Waals surface area (Å²) in [6, 6.07) is 14.8. The molecule has 1 saturated heterocycles. The number of aliphatic hydroxyl groups is 1. The molecule has 26 heavy (non-hydrogen) atoms. The smallest absolute Gasteiger partial charge is 0.125 e. The van der Waals surface area contributed by atoms with Gasteiger partial charge in [-0.3, -0.25) is 4.90 Å². The average Bonchev–Trinajstić information content (AvgIpc) is 2.62. The van der Waals surface area contributed by atoms with Crippen molar-refractivity contribution in [2.75, 3.05) is 44.2 Å². The number of β-amino-alcohol motifs (C(OH)–C–C–N with tert-alkyl or cyclic N) is 1. The summed E-state index contributed by atoms with van der Waals surface area (Å²) in [6.07, 6.45) is -0.474. The quantitative estimate of drug-likeness (QED) is 0.864. The van der Waals surface area contributed by atoms with E-state index in [-0.39, 0.29) is 0 Å². The van der Waals surface area contributed by atoms with Gasteiger partial charge in [0.25, 0.3) is 0 Å². The molecule has 0 radical (unpaired) electrons. The molecular weight excluding hydrogens is 324 g/mol. The SMILES string of the molecule is Cc1cc(C)c(OC[C@@H](O)CN2CCN(c3ccccc3)CC2)c(C)c1. The van der Waals surface area contributed by atoms with Crippen molar-refractivity contribution in [3.05, 3.63) is 59.2 Å². The van der Waals surface area contributed by atoms with E-state index in [4.69, 9.17) is 4.74 Å². The van der Waals surface area contributed by atoms with Crippen molar-refractivity contribution in [1.82, 2.24) is 4.90 Å². The van der Waals surface area contributed by atoms with E-state index in [1.807, 2.05) is 6.07 Å². The summed E-state index contributed by atoms with van der Waals surface area (Å²) >= 11 is 0. The van der Waals surface area contributed by atoms with Crippen LogP contribution in [-0.2, 0) is 0 Å². The Hall–Kier alpha value is -2.04. The molecule has 3 rings (SSSR count). The van der Waals surface area contributed by atoms with Crippen LogP contribution in [0.3, 0.4) is 0 Å². The first kappa shape index (κ1) is 18.7. The van der Waals surface area contributed by atoms with E-state index in [9.17, 15) is 5.11 Å². The third-order valence-electron chi connectivity index (χ3n) is 4.99. The maximum Gasteiger partial charge on any atom is 0.125 e. The van der Waals surface area contributed by atoms with Gasteiger partial charge < -0.3 is 14.7 Å². The largest absolute Gasteiger partial charge is 0.490 e. The van der Waals surface area contributed by atoms with Crippen molar-refractivity contribution in [1.29, 1.82) is 0 Å². The van der Waals surface area contributed by atoms with Crippen LogP contribution in [0.2, 0.25) is 0 Å². The van der Waals surface area contributed by atoms with Crippen LogP contribution in [0.25, 0.3) is 0 Å². The maximum absolute atomic E-state index is 10.4. The highest BCUT2D eigenvalue weighted by Gasteiger charge is 2.20. The summed E-state index contributed by atoms with van der Waals surface area (Å²) in [7, 11) is 0. The molecule has 1 heterocycles. The monoisotopic (exact) mass is 354 g/mol. The van der Waals surface area contributed by atoms with Crippen LogP contribution >= 0.6 is 0 Å². The highest BCUT2D eigenvalue weighted by molar-refractivity contribution is 5.46. The highest BCUT2D eigenvalue weighted by atomic mass is 16.5. The first-order valence-corrected chi connectivity index (χ1v) is 9.44. The minimum Gasteiger partial charge on any atom is -0.490 e. The van der Waals surface area contributed by atoms with E-state index in [2.05, 4.69) is 67.0 Å². The summed E-state index contributed by atoms with van der Waals surface area (Å²) in [5.74, 6) is 0.906. The zero-order valence-corrected chi connectivity index (χ0v) is 16.1. The predicted octanol–water partition coefficient (Wildman–Crippen LogP) is 3.17. The molecule has 0 aromatic heterocycles. The normalized spacial score (nSPS) is 16.5. The fourth-order valence-electron chi connectivity index (χ4n) is 3.75. The van der Waals surface area contributed by atoms with Crippen LogP contribution in [0.1, 0.15) is 16.7 Å². The number of hydrogen-bond acceptors (Lipinski definition) is 4. The van der Waals surface area contributed by atoms with Gasteiger partial charge in [0.15, 0.2) is 0 Å². The summed E-state index contributed by atoms with van der Waals surface area (Å²) in [4.78, 5) is 4.72. The number of aryl methyl sites for hydroxylation is 3. The van der Waals surface area contributed by atoms with Gasteiger partial charge >= 0.3 is 0 Å². The minimum absolute atomic E-state index is 0.337. The van der Waals surface area contributed by atoms with Gasteiger partial charge in [0.1, 0.15) is 18.5 Å². The molecule has 2 aromatic rings. The lowest BCUT2D eigenvalue weighted by atomic mass is 10.1. The Balaban J connectivity index is 1.45. The molecule has 1 fully saturated rings. The molecule has 1 aliphatic rings. The van der Waals surface area contributed by atoms with Gasteiger partial charge in [0.05, 0.1) is 0 Å². The lowest BCUT2D eigenvalue weighted by Crippen LogP contribution is -2.49. The Morgan fingerprint density at radius 3 is 2.19 bits per heavy atom. The first-order chi connectivity index (χ1) is 12.5. The molecule has 0 amide bonds. The summed E-state index contributed by atoms with van der Waals surface area (Å²) in [6.45, 7) is 11.1. The fourth-order valence-corrected chi connectivity index (χ4v) is 3.75. The van der Waals surface area contributed by atoms with Crippen LogP contribution in [-0.4, -0.2) is 55.4 Å². The number of nitrogens with zero attached hydrogens (tertiary/aromatic N) is 2. The highest BCUT2D eigenvalue weighted by Crippen LogP contribution is 2.24. The number of piperazine rings is 1. The molecule has 0 unspecified atom stereocenters. The Morgan fingerprint density at radius 2 is 1.58 bits per heavy atom. The third kappa shape index (κ3) is 4.77. The van der Waals surface area contributed by atoms with Crippen molar-refractivity contribution in [2.24, 2.45) is 0 Å². The third-order valence-corrected chi connectivity index (χ3v) is 4.99. The standard InChI is InChI=1S/C22H30N2O2/c1-17-13-18(2)22(19(3)14-17)26-16-21(25)15-23-9-11-24(12-10-23)20-7-5-4-6-8-20/h4-8,13-14,21,25H,9-12,15-16H2,1-3H3/t21-/m0/s1. The van der Waals surface area contributed by atoms with E-state index in [1.165, 1.54) is 11.3 Å². The second-order valence-electron chi connectivity index (χ2n) is 7.32. The molecule has 0 bridgehead atoms. The summed E-state index contributed by atoms with van der Waals surface area (Å²) < 4.78 is 5.93. The molecule has 0 spiro atoms. The molecule has 140 valence electrons. The Kier molecular flexibility index (Phi) is 6.17. The van der Waals surface area contributed by atoms with Crippen molar-refractivity contribution < 1.29 is 9.84 Å². The number of rotatable bonds is 6. The van der Waals surface area contributed by atoms with Crippen molar-refractivity contribution in [3.63, 3.8) is 0 Å². The van der Waals surface area contributed by atoms with Gasteiger partial charge in [0.2, 0.25) is 0 Å². The van der Waals surface area contributed by atoms with Crippen LogP contribution in [0.15, 0.2) is 42.5 Å². The van der Waals surface area contributed by atoms with Crippen molar-refractivity contribution in [2.45, 2.75) is 26.9 Å². The lowest BCUT2D eigenvalue weighted by Gasteiger charge is -2.36. The van der Waals surface area contributed by atoms with Crippen molar-refractivity contribution >= 4 is 5.69 Å². The van der Waals surface area contributed by atoms with E-state index in [0.29, 0.717) is 13.2 Å². The Bertz CT molecular complexity index is 686. The average molecular weight is 354 g/mol. The molecule has 4 nitrogen and oxygen atoms in total. The molecule has 1 aliphatic heterocycles. The zero-order valence-electron chi connectivity index (χ0n) is 16.1. The van der Waals surface area contributed by atoms with Crippen LogP contribution in [0, 0.1) is 20.8 Å². The second kappa shape index (κ2) is 8.56. The molecule has 2 aromatic carbocycles. The number of anilines is 1. The maximum atomic E-state index is 10.4. The molecule has 0 saturated carbocycles. The molecular formula is C22H30N2O2. The van der Waals surface area contributed by atoms with E-state index < -0.39 is 6.10 Å². The van der Waals surface area contributed by atoms with Crippen LogP contribution in [0.4, 0.5) is 5.69 Å². The topological polar surface area (TPSA) is 35.9 Å². The fraction of sp³-hybridized carbons (Fsp3) is 0.455.